The van der Waals surface area contributed by atoms with Crippen LogP contribution < -0.4 is 24.8 Å². The molecule has 0 fully saturated rings. The van der Waals surface area contributed by atoms with E-state index in [1.54, 1.807) is 39.5 Å². The maximum Gasteiger partial charge on any atom is 0.275 e. The van der Waals surface area contributed by atoms with Crippen LogP contribution in [0.15, 0.2) is 71.9 Å². The molecule has 1 heterocycles. The van der Waals surface area contributed by atoms with E-state index in [2.05, 4.69) is 10.6 Å². The van der Waals surface area contributed by atoms with Crippen LogP contribution >= 0.6 is 0 Å². The fraction of sp³-hybridized carbons (Fsp3) is 0.250. The smallest absolute Gasteiger partial charge is 0.275 e. The van der Waals surface area contributed by atoms with Crippen LogP contribution in [-0.4, -0.2) is 32.0 Å². The third-order valence-electron chi connectivity index (χ3n) is 6.91. The summed E-state index contributed by atoms with van der Waals surface area (Å²) in [6, 6.07) is 17.2. The average Bonchev–Trinajstić information content (AvgIpc) is 3.09. The third-order valence-corrected chi connectivity index (χ3v) is 6.91. The number of para-hydroxylation sites is 3. The molecule has 2 atom stereocenters. The highest BCUT2D eigenvalue weighted by Crippen LogP contribution is 2.48. The molecule has 0 aromatic heterocycles. The number of carbonyl (C=O) groups is 1. The number of benzene rings is 3. The summed E-state index contributed by atoms with van der Waals surface area (Å²) in [6.07, 6.45) is 0.751. The average molecular weight is 502 g/mol. The highest BCUT2D eigenvalue weighted by Gasteiger charge is 2.38. The quantitative estimate of drug-likeness (QED) is 0.332. The number of methoxy groups -OCH3 is 3. The topological polar surface area (TPSA) is 112 Å². The molecule has 0 bridgehead atoms. The Morgan fingerprint density at radius 1 is 0.892 bits per heavy atom. The Labute approximate surface area is 214 Å². The van der Waals surface area contributed by atoms with Gasteiger partial charge in [-0.2, -0.15) is 0 Å². The van der Waals surface area contributed by atoms with Crippen molar-refractivity contribution in [3.05, 3.63) is 93.2 Å². The standard InChI is InChI=1S/C28H27N3O6/c1-35-24-14-17(15-25(36-2)28(24)37-3)16-12-21-26(23(32)13-16)27(18-8-4-7-11-22(18)31(33)34)30-20-10-6-5-9-19(20)29-21/h4-11,14-16,27,29-30H,12-13H2,1-3H3/t16-,27+/m0/s1. The van der Waals surface area contributed by atoms with Gasteiger partial charge in [0.25, 0.3) is 5.69 Å². The van der Waals surface area contributed by atoms with Crippen LogP contribution in [0.3, 0.4) is 0 Å². The van der Waals surface area contributed by atoms with E-state index in [-0.39, 0.29) is 23.8 Å². The summed E-state index contributed by atoms with van der Waals surface area (Å²) in [7, 11) is 4.66. The van der Waals surface area contributed by atoms with Gasteiger partial charge in [-0.25, -0.2) is 0 Å². The lowest BCUT2D eigenvalue weighted by atomic mass is 9.78. The summed E-state index contributed by atoms with van der Waals surface area (Å²) >= 11 is 0. The van der Waals surface area contributed by atoms with Crippen LogP contribution in [0.5, 0.6) is 17.2 Å². The maximum atomic E-state index is 13.8. The molecule has 9 nitrogen and oxygen atoms in total. The Bertz CT molecular complexity index is 1390. The molecule has 190 valence electrons. The van der Waals surface area contributed by atoms with Gasteiger partial charge >= 0.3 is 0 Å². The Morgan fingerprint density at radius 2 is 1.54 bits per heavy atom. The van der Waals surface area contributed by atoms with Crippen molar-refractivity contribution in [1.29, 1.82) is 0 Å². The summed E-state index contributed by atoms with van der Waals surface area (Å²) < 4.78 is 16.5. The molecule has 37 heavy (non-hydrogen) atoms. The second-order valence-electron chi connectivity index (χ2n) is 8.94. The molecule has 3 aromatic rings. The lowest BCUT2D eigenvalue weighted by Gasteiger charge is -2.30. The van der Waals surface area contributed by atoms with Crippen molar-refractivity contribution < 1.29 is 23.9 Å². The Kier molecular flexibility index (Phi) is 6.43. The molecule has 5 rings (SSSR count). The number of allylic oxidation sites excluding steroid dienone is 1. The van der Waals surface area contributed by atoms with Crippen molar-refractivity contribution in [2.75, 3.05) is 32.0 Å². The highest BCUT2D eigenvalue weighted by molar-refractivity contribution is 6.01. The van der Waals surface area contributed by atoms with Gasteiger partial charge in [0.05, 0.1) is 49.2 Å². The first kappa shape index (κ1) is 24.2. The normalized spacial score (nSPS) is 18.5. The third kappa shape index (κ3) is 4.33. The van der Waals surface area contributed by atoms with Gasteiger partial charge in [0.15, 0.2) is 17.3 Å². The highest BCUT2D eigenvalue weighted by atomic mass is 16.6. The van der Waals surface area contributed by atoms with Crippen LogP contribution in [0.2, 0.25) is 0 Å². The van der Waals surface area contributed by atoms with Crippen molar-refractivity contribution in [2.24, 2.45) is 0 Å². The van der Waals surface area contributed by atoms with Crippen molar-refractivity contribution in [3.8, 4) is 17.2 Å². The summed E-state index contributed by atoms with van der Waals surface area (Å²) in [4.78, 5) is 25.3. The number of nitro benzene ring substituents is 1. The lowest BCUT2D eigenvalue weighted by molar-refractivity contribution is -0.385. The SMILES string of the molecule is COc1cc([C@@H]2CC(=O)C3=C(C2)Nc2ccccc2N[C@@H]3c2ccccc2[N+](=O)[O-])cc(OC)c1OC. The molecule has 0 radical (unpaired) electrons. The number of hydrogen-bond donors (Lipinski definition) is 2. The van der Waals surface area contributed by atoms with Gasteiger partial charge in [-0.05, 0) is 48.2 Å². The number of carbonyl (C=O) groups excluding carboxylic acids is 1. The van der Waals surface area contributed by atoms with E-state index in [4.69, 9.17) is 14.2 Å². The van der Waals surface area contributed by atoms with Gasteiger partial charge in [-0.3, -0.25) is 14.9 Å². The summed E-state index contributed by atoms with van der Waals surface area (Å²) in [5.74, 6) is 1.27. The Morgan fingerprint density at radius 3 is 2.19 bits per heavy atom. The van der Waals surface area contributed by atoms with Crippen LogP contribution in [0.4, 0.5) is 17.1 Å². The largest absolute Gasteiger partial charge is 0.493 e. The molecule has 2 aliphatic rings. The zero-order chi connectivity index (χ0) is 26.1. The van der Waals surface area contributed by atoms with Crippen molar-refractivity contribution in [1.82, 2.24) is 0 Å². The number of ketones is 1. The zero-order valence-electron chi connectivity index (χ0n) is 20.7. The predicted octanol–water partition coefficient (Wildman–Crippen LogP) is 5.60. The van der Waals surface area contributed by atoms with Gasteiger partial charge in [0, 0.05) is 23.8 Å². The first-order valence-corrected chi connectivity index (χ1v) is 11.9. The van der Waals surface area contributed by atoms with Crippen LogP contribution in [0, 0.1) is 10.1 Å². The number of nitro groups is 1. The number of fused-ring (bicyclic) bond motifs is 1. The summed E-state index contributed by atoms with van der Waals surface area (Å²) in [6.45, 7) is 0. The first-order chi connectivity index (χ1) is 17.9. The molecule has 0 unspecified atom stereocenters. The number of Topliss-reactive ketones (excluding diaryl/α,β-unsaturated/α-hetero) is 1. The molecule has 0 spiro atoms. The van der Waals surface area contributed by atoms with Gasteiger partial charge in [-0.15, -0.1) is 0 Å². The number of ether oxygens (including phenoxy) is 3. The van der Waals surface area contributed by atoms with E-state index >= 15 is 0 Å². The van der Waals surface area contributed by atoms with Crippen molar-refractivity contribution >= 4 is 22.8 Å². The minimum absolute atomic E-state index is 0.0363. The number of rotatable bonds is 6. The van der Waals surface area contributed by atoms with Crippen LogP contribution in [0.25, 0.3) is 0 Å². The van der Waals surface area contributed by atoms with Crippen molar-refractivity contribution in [2.45, 2.75) is 24.8 Å². The molecule has 1 aliphatic heterocycles. The van der Waals surface area contributed by atoms with Gasteiger partial charge < -0.3 is 24.8 Å². The fourth-order valence-electron chi connectivity index (χ4n) is 5.20. The molecular weight excluding hydrogens is 474 g/mol. The van der Waals surface area contributed by atoms with Gasteiger partial charge in [0.1, 0.15) is 0 Å². The van der Waals surface area contributed by atoms with E-state index in [0.717, 1.165) is 22.6 Å². The number of nitrogens with zero attached hydrogens (tertiary/aromatic N) is 1. The second kappa shape index (κ2) is 9.85. The Balaban J connectivity index is 1.63. The van der Waals surface area contributed by atoms with Gasteiger partial charge in [0.2, 0.25) is 5.75 Å². The van der Waals surface area contributed by atoms with Crippen LogP contribution in [-0.2, 0) is 4.79 Å². The molecule has 0 saturated carbocycles. The first-order valence-electron chi connectivity index (χ1n) is 11.9. The predicted molar refractivity (Wildman–Crippen MR) is 140 cm³/mol. The van der Waals surface area contributed by atoms with E-state index < -0.39 is 11.0 Å². The molecule has 2 N–H and O–H groups in total. The van der Waals surface area contributed by atoms with E-state index in [9.17, 15) is 14.9 Å². The molecular formula is C28H27N3O6. The van der Waals surface area contributed by atoms with E-state index in [1.165, 1.54) is 6.07 Å². The minimum atomic E-state index is -0.680. The second-order valence-corrected chi connectivity index (χ2v) is 8.94. The molecule has 9 heteroatoms. The maximum absolute atomic E-state index is 13.8. The zero-order valence-corrected chi connectivity index (χ0v) is 20.7. The molecule has 0 saturated heterocycles. The minimum Gasteiger partial charge on any atom is -0.493 e. The number of hydrogen-bond acceptors (Lipinski definition) is 8. The van der Waals surface area contributed by atoms with Crippen LogP contribution in [0.1, 0.15) is 35.9 Å². The lowest BCUT2D eigenvalue weighted by Crippen LogP contribution is -2.27. The van der Waals surface area contributed by atoms with Crippen molar-refractivity contribution in [3.63, 3.8) is 0 Å². The fourth-order valence-corrected chi connectivity index (χ4v) is 5.20. The van der Waals surface area contributed by atoms with E-state index in [0.29, 0.717) is 34.8 Å². The number of nitrogens with one attached hydrogen (secondary N) is 2. The molecule has 0 amide bonds. The Hall–Kier alpha value is -4.53. The molecule has 1 aliphatic carbocycles. The number of anilines is 2. The summed E-state index contributed by atoms with van der Waals surface area (Å²) in [5, 5.41) is 18.7. The molecule has 3 aromatic carbocycles. The van der Waals surface area contributed by atoms with Gasteiger partial charge in [-0.1, -0.05) is 24.3 Å². The van der Waals surface area contributed by atoms with E-state index in [1.807, 2.05) is 36.4 Å². The monoisotopic (exact) mass is 501 g/mol. The summed E-state index contributed by atoms with van der Waals surface area (Å²) in [5.41, 5.74) is 4.09.